The number of rotatable bonds is 4. The fourth-order valence-corrected chi connectivity index (χ4v) is 1.72. The Bertz CT molecular complexity index is 371. The Hall–Kier alpha value is -1.62. The lowest BCUT2D eigenvalue weighted by Gasteiger charge is -2.35. The quantitative estimate of drug-likeness (QED) is 0.805. The minimum atomic E-state index is -1.00. The second-order valence-electron chi connectivity index (χ2n) is 3.91. The fraction of sp³-hybridized carbons (Fsp3) is 0.455. The van der Waals surface area contributed by atoms with Gasteiger partial charge in [0.05, 0.1) is 18.0 Å². The van der Waals surface area contributed by atoms with Crippen molar-refractivity contribution in [1.29, 1.82) is 0 Å². The van der Waals surface area contributed by atoms with E-state index in [-0.39, 0.29) is 5.69 Å². The Morgan fingerprint density at radius 2 is 2.31 bits per heavy atom. The van der Waals surface area contributed by atoms with Crippen molar-refractivity contribution in [3.05, 3.63) is 24.0 Å². The van der Waals surface area contributed by atoms with E-state index in [2.05, 4.69) is 10.3 Å². The van der Waals surface area contributed by atoms with Gasteiger partial charge in [-0.05, 0) is 25.0 Å². The van der Waals surface area contributed by atoms with Crippen molar-refractivity contribution in [3.63, 3.8) is 0 Å². The molecule has 0 aliphatic heterocycles. The molecule has 16 heavy (non-hydrogen) atoms. The van der Waals surface area contributed by atoms with E-state index >= 15 is 0 Å². The Morgan fingerprint density at radius 3 is 2.81 bits per heavy atom. The number of nitrogens with zero attached hydrogens (tertiary/aromatic N) is 1. The summed E-state index contributed by atoms with van der Waals surface area (Å²) in [5.41, 5.74) is 0.915. The highest BCUT2D eigenvalue weighted by Crippen LogP contribution is 2.25. The number of methoxy groups -OCH3 is 1. The number of aromatic carboxylic acids is 1. The topological polar surface area (TPSA) is 71.5 Å². The van der Waals surface area contributed by atoms with Gasteiger partial charge >= 0.3 is 5.97 Å². The Balaban J connectivity index is 1.89. The summed E-state index contributed by atoms with van der Waals surface area (Å²) >= 11 is 0. The predicted molar refractivity (Wildman–Crippen MR) is 58.6 cm³/mol. The van der Waals surface area contributed by atoms with Gasteiger partial charge in [-0.3, -0.25) is 0 Å². The highest BCUT2D eigenvalue weighted by molar-refractivity contribution is 5.85. The van der Waals surface area contributed by atoms with Crippen LogP contribution < -0.4 is 5.32 Å². The van der Waals surface area contributed by atoms with Gasteiger partial charge in [-0.2, -0.15) is 0 Å². The van der Waals surface area contributed by atoms with Crippen molar-refractivity contribution in [2.45, 2.75) is 25.0 Å². The normalized spacial score (nSPS) is 23.6. The van der Waals surface area contributed by atoms with E-state index in [9.17, 15) is 4.79 Å². The second kappa shape index (κ2) is 4.49. The number of hydrogen-bond donors (Lipinski definition) is 2. The minimum absolute atomic E-state index is 0.0638. The fourth-order valence-electron chi connectivity index (χ4n) is 1.72. The number of hydrogen-bond acceptors (Lipinski definition) is 4. The number of carboxylic acid groups (broad SMARTS) is 1. The second-order valence-corrected chi connectivity index (χ2v) is 3.91. The van der Waals surface area contributed by atoms with Crippen molar-refractivity contribution in [1.82, 2.24) is 4.98 Å². The number of carboxylic acids is 1. The van der Waals surface area contributed by atoms with Gasteiger partial charge in [0.15, 0.2) is 0 Å². The first-order chi connectivity index (χ1) is 7.69. The van der Waals surface area contributed by atoms with E-state index in [4.69, 9.17) is 9.84 Å². The number of nitrogens with one attached hydrogen (secondary N) is 1. The first-order valence-corrected chi connectivity index (χ1v) is 5.17. The number of pyridine rings is 1. The summed E-state index contributed by atoms with van der Waals surface area (Å²) in [6, 6.07) is 3.63. The maximum absolute atomic E-state index is 10.6. The number of aromatic nitrogens is 1. The molecule has 0 spiro atoms. The van der Waals surface area contributed by atoms with Crippen LogP contribution in [0.25, 0.3) is 0 Å². The minimum Gasteiger partial charge on any atom is -0.477 e. The van der Waals surface area contributed by atoms with E-state index in [1.54, 1.807) is 19.4 Å². The third-order valence-corrected chi connectivity index (χ3v) is 2.78. The summed E-state index contributed by atoms with van der Waals surface area (Å²) < 4.78 is 5.17. The molecule has 1 fully saturated rings. The van der Waals surface area contributed by atoms with E-state index in [0.29, 0.717) is 12.1 Å². The predicted octanol–water partition coefficient (Wildman–Crippen LogP) is 1.37. The van der Waals surface area contributed by atoms with Crippen LogP contribution in [-0.4, -0.2) is 35.3 Å². The van der Waals surface area contributed by atoms with E-state index in [1.165, 1.54) is 6.07 Å². The van der Waals surface area contributed by atoms with Gasteiger partial charge in [0.2, 0.25) is 0 Å². The first kappa shape index (κ1) is 10.9. The standard InChI is InChI=1S/C11H14N2O3/c1-16-9-4-8(5-9)13-7-2-3-10(11(14)15)12-6-7/h2-3,6,8-9,13H,4-5H2,1H3,(H,14,15). The maximum Gasteiger partial charge on any atom is 0.354 e. The van der Waals surface area contributed by atoms with Crippen LogP contribution in [0.3, 0.4) is 0 Å². The third-order valence-electron chi connectivity index (χ3n) is 2.78. The molecule has 1 aliphatic rings. The van der Waals surface area contributed by atoms with Gasteiger partial charge < -0.3 is 15.2 Å². The van der Waals surface area contributed by atoms with Crippen molar-refractivity contribution < 1.29 is 14.6 Å². The molecule has 2 N–H and O–H groups in total. The van der Waals surface area contributed by atoms with Gasteiger partial charge in [-0.25, -0.2) is 9.78 Å². The SMILES string of the molecule is COC1CC(Nc2ccc(C(=O)O)nc2)C1. The maximum atomic E-state index is 10.6. The Kier molecular flexibility index (Phi) is 3.05. The van der Waals surface area contributed by atoms with Crippen LogP contribution in [0.5, 0.6) is 0 Å². The molecule has 0 radical (unpaired) electrons. The molecule has 0 unspecified atom stereocenters. The summed E-state index contributed by atoms with van der Waals surface area (Å²) in [6.45, 7) is 0. The Morgan fingerprint density at radius 1 is 1.56 bits per heavy atom. The molecule has 0 bridgehead atoms. The molecule has 1 aromatic heterocycles. The van der Waals surface area contributed by atoms with Gasteiger partial charge in [-0.15, -0.1) is 0 Å². The molecule has 86 valence electrons. The number of ether oxygens (including phenoxy) is 1. The van der Waals surface area contributed by atoms with Gasteiger partial charge in [0.1, 0.15) is 5.69 Å². The zero-order valence-corrected chi connectivity index (χ0v) is 9.01. The molecule has 1 aliphatic carbocycles. The lowest BCUT2D eigenvalue weighted by Crippen LogP contribution is -2.40. The highest BCUT2D eigenvalue weighted by Gasteiger charge is 2.28. The van der Waals surface area contributed by atoms with E-state index in [1.807, 2.05) is 0 Å². The largest absolute Gasteiger partial charge is 0.477 e. The summed E-state index contributed by atoms with van der Waals surface area (Å²) in [6.07, 6.45) is 3.86. The van der Waals surface area contributed by atoms with E-state index in [0.717, 1.165) is 18.5 Å². The summed E-state index contributed by atoms with van der Waals surface area (Å²) in [5.74, 6) is -1.00. The number of anilines is 1. The molecule has 1 saturated carbocycles. The average Bonchev–Trinajstić information content (AvgIpc) is 2.23. The number of carbonyl (C=O) groups is 1. The van der Waals surface area contributed by atoms with Crippen molar-refractivity contribution in [2.24, 2.45) is 0 Å². The van der Waals surface area contributed by atoms with Crippen molar-refractivity contribution in [3.8, 4) is 0 Å². The van der Waals surface area contributed by atoms with Crippen LogP contribution in [0.2, 0.25) is 0 Å². The highest BCUT2D eigenvalue weighted by atomic mass is 16.5. The Labute approximate surface area is 93.5 Å². The monoisotopic (exact) mass is 222 g/mol. The molecule has 5 heteroatoms. The van der Waals surface area contributed by atoms with Crippen molar-refractivity contribution >= 4 is 11.7 Å². The summed E-state index contributed by atoms with van der Waals surface area (Å²) in [4.78, 5) is 14.4. The lowest BCUT2D eigenvalue weighted by molar-refractivity contribution is 0.0328. The van der Waals surface area contributed by atoms with Gasteiger partial charge in [0.25, 0.3) is 0 Å². The molecule has 0 atom stereocenters. The zero-order valence-electron chi connectivity index (χ0n) is 9.01. The summed E-state index contributed by atoms with van der Waals surface area (Å²) in [7, 11) is 1.71. The van der Waals surface area contributed by atoms with Crippen LogP contribution in [-0.2, 0) is 4.74 Å². The molecule has 0 amide bonds. The summed E-state index contributed by atoms with van der Waals surface area (Å²) in [5, 5.41) is 12.0. The van der Waals surface area contributed by atoms with Gasteiger partial charge in [-0.1, -0.05) is 0 Å². The molecule has 1 aromatic rings. The van der Waals surface area contributed by atoms with Crippen LogP contribution >= 0.6 is 0 Å². The molecule has 0 aromatic carbocycles. The molecule has 0 saturated heterocycles. The van der Waals surface area contributed by atoms with E-state index < -0.39 is 5.97 Å². The van der Waals surface area contributed by atoms with Crippen LogP contribution in [0, 0.1) is 0 Å². The lowest BCUT2D eigenvalue weighted by atomic mass is 9.89. The van der Waals surface area contributed by atoms with Crippen LogP contribution in [0.15, 0.2) is 18.3 Å². The molecular formula is C11H14N2O3. The molecular weight excluding hydrogens is 208 g/mol. The zero-order chi connectivity index (χ0) is 11.5. The van der Waals surface area contributed by atoms with Crippen LogP contribution in [0.1, 0.15) is 23.3 Å². The van der Waals surface area contributed by atoms with Crippen molar-refractivity contribution in [2.75, 3.05) is 12.4 Å². The first-order valence-electron chi connectivity index (χ1n) is 5.17. The third kappa shape index (κ3) is 2.30. The molecule has 2 rings (SSSR count). The molecule has 5 nitrogen and oxygen atoms in total. The smallest absolute Gasteiger partial charge is 0.354 e. The molecule has 1 heterocycles. The van der Waals surface area contributed by atoms with Gasteiger partial charge in [0, 0.05) is 13.2 Å². The van der Waals surface area contributed by atoms with Crippen LogP contribution in [0.4, 0.5) is 5.69 Å². The average molecular weight is 222 g/mol.